The minimum Gasteiger partial charge on any atom is -0.396 e. The van der Waals surface area contributed by atoms with Crippen LogP contribution in [0.1, 0.15) is 30.1 Å². The Bertz CT molecular complexity index is 517. The maximum atomic E-state index is 12.3. The molecule has 7 nitrogen and oxygen atoms in total. The average Bonchev–Trinajstić information content (AvgIpc) is 2.44. The first-order chi connectivity index (χ1) is 9.86. The lowest BCUT2D eigenvalue weighted by molar-refractivity contribution is -0.384. The van der Waals surface area contributed by atoms with E-state index in [-0.39, 0.29) is 29.8 Å². The van der Waals surface area contributed by atoms with Crippen LogP contribution in [-0.2, 0) is 0 Å². The van der Waals surface area contributed by atoms with Gasteiger partial charge in [0.1, 0.15) is 0 Å². The van der Waals surface area contributed by atoms with Crippen molar-refractivity contribution in [2.45, 2.75) is 25.8 Å². The van der Waals surface area contributed by atoms with Gasteiger partial charge >= 0.3 is 0 Å². The summed E-state index contributed by atoms with van der Waals surface area (Å²) in [5.41, 5.74) is 0.770. The van der Waals surface area contributed by atoms with Crippen LogP contribution in [0.25, 0.3) is 0 Å². The van der Waals surface area contributed by atoms with E-state index in [9.17, 15) is 14.9 Å². The maximum absolute atomic E-state index is 12.3. The Morgan fingerprint density at radius 1 is 1.48 bits per heavy atom. The molecule has 1 amide bonds. The summed E-state index contributed by atoms with van der Waals surface area (Å²) < 4.78 is 0. The number of nitro groups is 1. The minimum atomic E-state index is -0.522. The molecule has 116 valence electrons. The molecule has 21 heavy (non-hydrogen) atoms. The molecule has 0 radical (unpaired) electrons. The first-order valence-electron chi connectivity index (χ1n) is 6.74. The smallest absolute Gasteiger partial charge is 0.270 e. The van der Waals surface area contributed by atoms with Crippen LogP contribution >= 0.6 is 0 Å². The Labute approximate surface area is 123 Å². The lowest BCUT2D eigenvalue weighted by atomic mass is 10.1. The molecule has 0 saturated heterocycles. The topological polar surface area (TPSA) is 95.7 Å². The fourth-order valence-electron chi connectivity index (χ4n) is 1.98. The van der Waals surface area contributed by atoms with Crippen LogP contribution in [0.4, 0.5) is 11.4 Å². The van der Waals surface area contributed by atoms with Gasteiger partial charge in [-0.1, -0.05) is 0 Å². The van der Waals surface area contributed by atoms with E-state index in [1.165, 1.54) is 12.1 Å². The second kappa shape index (κ2) is 7.58. The normalized spacial score (nSPS) is 11.8. The molecule has 0 aliphatic heterocycles. The van der Waals surface area contributed by atoms with Crippen molar-refractivity contribution >= 4 is 17.3 Å². The Balaban J connectivity index is 2.99. The quantitative estimate of drug-likeness (QED) is 0.588. The van der Waals surface area contributed by atoms with Crippen LogP contribution < -0.4 is 10.2 Å². The number of hydrogen-bond acceptors (Lipinski definition) is 5. The van der Waals surface area contributed by atoms with E-state index in [0.717, 1.165) is 0 Å². The summed E-state index contributed by atoms with van der Waals surface area (Å²) in [6.45, 7) is 1.90. The Kier molecular flexibility index (Phi) is 6.10. The molecule has 0 bridgehead atoms. The van der Waals surface area contributed by atoms with Gasteiger partial charge in [-0.05, 0) is 25.8 Å². The first kappa shape index (κ1) is 16.9. The predicted octanol–water partition coefficient (Wildman–Crippen LogP) is 1.55. The average molecular weight is 295 g/mol. The Hall–Kier alpha value is -2.15. The van der Waals surface area contributed by atoms with Crippen molar-refractivity contribution in [2.75, 3.05) is 25.6 Å². The fourth-order valence-corrected chi connectivity index (χ4v) is 1.98. The lowest BCUT2D eigenvalue weighted by Gasteiger charge is -2.19. The van der Waals surface area contributed by atoms with E-state index >= 15 is 0 Å². The molecule has 0 aliphatic rings. The SMILES string of the molecule is CC(CCCO)NC(=O)c1cc([N+](=O)[O-])ccc1N(C)C. The molecule has 0 aliphatic carbocycles. The molecule has 0 saturated carbocycles. The molecule has 1 unspecified atom stereocenters. The lowest BCUT2D eigenvalue weighted by Crippen LogP contribution is -2.33. The summed E-state index contributed by atoms with van der Waals surface area (Å²) in [6, 6.07) is 4.11. The van der Waals surface area contributed by atoms with Crippen LogP contribution in [0.5, 0.6) is 0 Å². The summed E-state index contributed by atoms with van der Waals surface area (Å²) in [5.74, 6) is -0.354. The van der Waals surface area contributed by atoms with Crippen molar-refractivity contribution in [2.24, 2.45) is 0 Å². The molecule has 0 aromatic heterocycles. The highest BCUT2D eigenvalue weighted by Gasteiger charge is 2.19. The highest BCUT2D eigenvalue weighted by atomic mass is 16.6. The highest BCUT2D eigenvalue weighted by Crippen LogP contribution is 2.24. The minimum absolute atomic E-state index is 0.0694. The number of nitrogens with zero attached hydrogens (tertiary/aromatic N) is 2. The number of benzene rings is 1. The van der Waals surface area contributed by atoms with Gasteiger partial charge in [0, 0.05) is 44.6 Å². The molecule has 7 heteroatoms. The van der Waals surface area contributed by atoms with E-state index in [0.29, 0.717) is 18.5 Å². The van der Waals surface area contributed by atoms with Crippen molar-refractivity contribution < 1.29 is 14.8 Å². The van der Waals surface area contributed by atoms with Gasteiger partial charge in [-0.3, -0.25) is 14.9 Å². The number of anilines is 1. The van der Waals surface area contributed by atoms with Crippen molar-refractivity contribution in [1.82, 2.24) is 5.32 Å². The number of carbonyl (C=O) groups excluding carboxylic acids is 1. The molecule has 2 N–H and O–H groups in total. The summed E-state index contributed by atoms with van der Waals surface area (Å²) in [4.78, 5) is 24.4. The van der Waals surface area contributed by atoms with Gasteiger partial charge in [0.25, 0.3) is 11.6 Å². The zero-order valence-electron chi connectivity index (χ0n) is 12.5. The van der Waals surface area contributed by atoms with Crippen molar-refractivity contribution in [1.29, 1.82) is 0 Å². The van der Waals surface area contributed by atoms with Crippen LogP contribution in [0, 0.1) is 10.1 Å². The zero-order chi connectivity index (χ0) is 16.0. The second-order valence-electron chi connectivity index (χ2n) is 5.09. The van der Waals surface area contributed by atoms with Gasteiger partial charge in [-0.25, -0.2) is 0 Å². The number of hydrogen-bond donors (Lipinski definition) is 2. The molecule has 0 heterocycles. The second-order valence-corrected chi connectivity index (χ2v) is 5.09. The van der Waals surface area contributed by atoms with Gasteiger partial charge in [-0.2, -0.15) is 0 Å². The van der Waals surface area contributed by atoms with E-state index < -0.39 is 4.92 Å². The molecule has 1 aromatic carbocycles. The Morgan fingerprint density at radius 3 is 2.67 bits per heavy atom. The third-order valence-corrected chi connectivity index (χ3v) is 3.09. The summed E-state index contributed by atoms with van der Waals surface area (Å²) in [6.07, 6.45) is 1.24. The molecular formula is C14H21N3O4. The van der Waals surface area contributed by atoms with E-state index in [2.05, 4.69) is 5.32 Å². The van der Waals surface area contributed by atoms with E-state index in [4.69, 9.17) is 5.11 Å². The predicted molar refractivity (Wildman–Crippen MR) is 80.7 cm³/mol. The molecule has 1 atom stereocenters. The summed E-state index contributed by atoms with van der Waals surface area (Å²) >= 11 is 0. The largest absolute Gasteiger partial charge is 0.396 e. The van der Waals surface area contributed by atoms with Gasteiger partial charge in [0.05, 0.1) is 10.5 Å². The summed E-state index contributed by atoms with van der Waals surface area (Å²) in [7, 11) is 3.54. The van der Waals surface area contributed by atoms with Crippen molar-refractivity contribution in [3.8, 4) is 0 Å². The number of non-ortho nitro benzene ring substituents is 1. The third kappa shape index (κ3) is 4.71. The molecular weight excluding hydrogens is 274 g/mol. The summed E-state index contributed by atoms with van der Waals surface area (Å²) in [5, 5.41) is 22.4. The standard InChI is InChI=1S/C14H21N3O4/c1-10(5-4-8-18)15-14(19)12-9-11(17(20)21)6-7-13(12)16(2)3/h6-7,9-10,18H,4-5,8H2,1-3H3,(H,15,19). The third-order valence-electron chi connectivity index (χ3n) is 3.09. The number of carbonyl (C=O) groups is 1. The molecule has 0 spiro atoms. The zero-order valence-corrected chi connectivity index (χ0v) is 12.5. The van der Waals surface area contributed by atoms with Crippen LogP contribution in [0.2, 0.25) is 0 Å². The fraction of sp³-hybridized carbons (Fsp3) is 0.500. The number of nitrogens with one attached hydrogen (secondary N) is 1. The number of nitro benzene ring substituents is 1. The van der Waals surface area contributed by atoms with Crippen molar-refractivity contribution in [3.63, 3.8) is 0 Å². The number of amides is 1. The Morgan fingerprint density at radius 2 is 2.14 bits per heavy atom. The van der Waals surface area contributed by atoms with Crippen molar-refractivity contribution in [3.05, 3.63) is 33.9 Å². The molecule has 1 aromatic rings. The monoisotopic (exact) mass is 295 g/mol. The van der Waals surface area contributed by atoms with Crippen LogP contribution in [0.15, 0.2) is 18.2 Å². The van der Waals surface area contributed by atoms with Gasteiger partial charge in [0.2, 0.25) is 0 Å². The van der Waals surface area contributed by atoms with Crippen LogP contribution in [0.3, 0.4) is 0 Å². The number of rotatable bonds is 7. The first-order valence-corrected chi connectivity index (χ1v) is 6.74. The van der Waals surface area contributed by atoms with Crippen LogP contribution in [-0.4, -0.2) is 42.7 Å². The van der Waals surface area contributed by atoms with Gasteiger partial charge in [0.15, 0.2) is 0 Å². The van der Waals surface area contributed by atoms with E-state index in [1.54, 1.807) is 25.1 Å². The van der Waals surface area contributed by atoms with E-state index in [1.807, 2.05) is 6.92 Å². The number of aliphatic hydroxyl groups is 1. The number of aliphatic hydroxyl groups excluding tert-OH is 1. The molecule has 0 fully saturated rings. The van der Waals surface area contributed by atoms with Gasteiger partial charge < -0.3 is 15.3 Å². The maximum Gasteiger partial charge on any atom is 0.270 e. The molecule has 1 rings (SSSR count). The highest BCUT2D eigenvalue weighted by molar-refractivity contribution is 6.00. The van der Waals surface area contributed by atoms with Gasteiger partial charge in [-0.15, -0.1) is 0 Å².